The molecular formula is C9H19NO2S. The molecule has 0 aliphatic carbocycles. The van der Waals surface area contributed by atoms with Crippen LogP contribution in [0.4, 0.5) is 0 Å². The zero-order valence-electron chi connectivity index (χ0n) is 8.41. The van der Waals surface area contributed by atoms with Crippen LogP contribution in [0.5, 0.6) is 0 Å². The molecule has 1 aliphatic rings. The van der Waals surface area contributed by atoms with Crippen LogP contribution < -0.4 is 5.32 Å². The standard InChI is InChI=1S/C9H19NO2S/c1-3-8(2)10-5-4-9-6-13(11,12)7-9/h8-10H,3-7H2,1-2H3. The lowest BCUT2D eigenvalue weighted by Crippen LogP contribution is -2.39. The highest BCUT2D eigenvalue weighted by Crippen LogP contribution is 2.20. The number of hydrogen-bond acceptors (Lipinski definition) is 3. The van der Waals surface area contributed by atoms with Crippen molar-refractivity contribution in [2.75, 3.05) is 18.1 Å². The molecule has 1 fully saturated rings. The monoisotopic (exact) mass is 205 g/mol. The van der Waals surface area contributed by atoms with Crippen LogP contribution in [0.2, 0.25) is 0 Å². The van der Waals surface area contributed by atoms with Crippen molar-refractivity contribution in [2.45, 2.75) is 32.7 Å². The topological polar surface area (TPSA) is 46.2 Å². The van der Waals surface area contributed by atoms with Gasteiger partial charge in [0, 0.05) is 6.04 Å². The molecule has 1 aliphatic heterocycles. The van der Waals surface area contributed by atoms with Gasteiger partial charge >= 0.3 is 0 Å². The molecule has 1 heterocycles. The molecule has 0 aromatic heterocycles. The Hall–Kier alpha value is -0.0900. The van der Waals surface area contributed by atoms with Gasteiger partial charge in [0.1, 0.15) is 0 Å². The van der Waals surface area contributed by atoms with E-state index >= 15 is 0 Å². The van der Waals surface area contributed by atoms with Crippen LogP contribution in [0.3, 0.4) is 0 Å². The average molecular weight is 205 g/mol. The quantitative estimate of drug-likeness (QED) is 0.722. The highest BCUT2D eigenvalue weighted by molar-refractivity contribution is 7.92. The van der Waals surface area contributed by atoms with Crippen LogP contribution >= 0.6 is 0 Å². The van der Waals surface area contributed by atoms with Gasteiger partial charge in [-0.2, -0.15) is 0 Å². The fraction of sp³-hybridized carbons (Fsp3) is 1.00. The molecule has 1 N–H and O–H groups in total. The highest BCUT2D eigenvalue weighted by Gasteiger charge is 2.32. The Labute approximate surface area is 80.8 Å². The molecule has 1 unspecified atom stereocenters. The minimum absolute atomic E-state index is 0.412. The zero-order valence-corrected chi connectivity index (χ0v) is 9.23. The SMILES string of the molecule is CCC(C)NCCC1CS(=O)(=O)C1. The third-order valence-electron chi connectivity index (χ3n) is 2.64. The van der Waals surface area contributed by atoms with Gasteiger partial charge in [-0.3, -0.25) is 0 Å². The van der Waals surface area contributed by atoms with E-state index in [1.807, 2.05) is 0 Å². The van der Waals surface area contributed by atoms with E-state index in [0.717, 1.165) is 19.4 Å². The van der Waals surface area contributed by atoms with Gasteiger partial charge in [-0.1, -0.05) is 6.92 Å². The van der Waals surface area contributed by atoms with Crippen molar-refractivity contribution in [2.24, 2.45) is 5.92 Å². The molecule has 1 rings (SSSR count). The number of hydrogen-bond donors (Lipinski definition) is 1. The Balaban J connectivity index is 2.03. The fourth-order valence-corrected chi connectivity index (χ4v) is 3.19. The third kappa shape index (κ3) is 3.65. The van der Waals surface area contributed by atoms with E-state index in [0.29, 0.717) is 23.5 Å². The minimum Gasteiger partial charge on any atom is -0.314 e. The minimum atomic E-state index is -2.61. The largest absolute Gasteiger partial charge is 0.314 e. The summed E-state index contributed by atoms with van der Waals surface area (Å²) in [4.78, 5) is 0. The van der Waals surface area contributed by atoms with Gasteiger partial charge in [-0.15, -0.1) is 0 Å². The lowest BCUT2D eigenvalue weighted by molar-refractivity contribution is 0.453. The molecule has 13 heavy (non-hydrogen) atoms. The first-order chi connectivity index (χ1) is 6.03. The molecule has 0 radical (unpaired) electrons. The summed E-state index contributed by atoms with van der Waals surface area (Å²) >= 11 is 0. The lowest BCUT2D eigenvalue weighted by Gasteiger charge is -2.26. The van der Waals surface area contributed by atoms with Crippen molar-refractivity contribution < 1.29 is 8.42 Å². The Morgan fingerprint density at radius 2 is 2.08 bits per heavy atom. The van der Waals surface area contributed by atoms with Crippen molar-refractivity contribution in [3.63, 3.8) is 0 Å². The van der Waals surface area contributed by atoms with Crippen molar-refractivity contribution in [1.29, 1.82) is 0 Å². The smallest absolute Gasteiger partial charge is 0.150 e. The summed E-state index contributed by atoms with van der Waals surface area (Å²) in [7, 11) is -2.61. The van der Waals surface area contributed by atoms with Crippen LogP contribution in [-0.4, -0.2) is 32.5 Å². The van der Waals surface area contributed by atoms with Gasteiger partial charge in [0.15, 0.2) is 9.84 Å². The third-order valence-corrected chi connectivity index (χ3v) is 4.60. The summed E-state index contributed by atoms with van der Waals surface area (Å²) in [6, 6.07) is 0.552. The van der Waals surface area contributed by atoms with E-state index in [9.17, 15) is 8.42 Å². The summed E-state index contributed by atoms with van der Waals surface area (Å²) in [5.74, 6) is 1.24. The van der Waals surface area contributed by atoms with Crippen LogP contribution in [0.1, 0.15) is 26.7 Å². The maximum absolute atomic E-state index is 10.8. The first-order valence-corrected chi connectivity index (χ1v) is 6.79. The van der Waals surface area contributed by atoms with E-state index in [2.05, 4.69) is 19.2 Å². The van der Waals surface area contributed by atoms with Crippen molar-refractivity contribution in [1.82, 2.24) is 5.32 Å². The molecule has 0 spiro atoms. The Morgan fingerprint density at radius 3 is 2.54 bits per heavy atom. The summed E-state index contributed by atoms with van der Waals surface area (Å²) in [6.45, 7) is 5.25. The van der Waals surface area contributed by atoms with Crippen LogP contribution in [0, 0.1) is 5.92 Å². The van der Waals surface area contributed by atoms with Crippen LogP contribution in [0.25, 0.3) is 0 Å². The Bertz CT molecular complexity index is 236. The molecule has 0 bridgehead atoms. The molecule has 4 heteroatoms. The van der Waals surface area contributed by atoms with Crippen LogP contribution in [-0.2, 0) is 9.84 Å². The summed E-state index contributed by atoms with van der Waals surface area (Å²) in [5.41, 5.74) is 0. The van der Waals surface area contributed by atoms with E-state index in [4.69, 9.17) is 0 Å². The Morgan fingerprint density at radius 1 is 1.46 bits per heavy atom. The van der Waals surface area contributed by atoms with Gasteiger partial charge in [-0.05, 0) is 32.2 Å². The van der Waals surface area contributed by atoms with E-state index < -0.39 is 9.84 Å². The second kappa shape index (κ2) is 4.42. The van der Waals surface area contributed by atoms with Gasteiger partial charge in [0.25, 0.3) is 0 Å². The molecule has 1 atom stereocenters. The van der Waals surface area contributed by atoms with E-state index in [1.165, 1.54) is 0 Å². The molecule has 0 aromatic rings. The molecule has 0 aromatic carbocycles. The average Bonchev–Trinajstić information content (AvgIpc) is 2.00. The van der Waals surface area contributed by atoms with Crippen molar-refractivity contribution in [3.05, 3.63) is 0 Å². The van der Waals surface area contributed by atoms with E-state index in [1.54, 1.807) is 0 Å². The number of nitrogens with one attached hydrogen (secondary N) is 1. The maximum atomic E-state index is 10.8. The predicted molar refractivity (Wildman–Crippen MR) is 54.5 cm³/mol. The fourth-order valence-electron chi connectivity index (χ4n) is 1.51. The summed E-state index contributed by atoms with van der Waals surface area (Å²) in [6.07, 6.45) is 2.13. The van der Waals surface area contributed by atoms with Gasteiger partial charge in [0.2, 0.25) is 0 Å². The molecule has 3 nitrogen and oxygen atoms in total. The molecular weight excluding hydrogens is 186 g/mol. The highest BCUT2D eigenvalue weighted by atomic mass is 32.2. The first-order valence-electron chi connectivity index (χ1n) is 4.97. The number of rotatable bonds is 5. The molecule has 78 valence electrons. The number of sulfone groups is 1. The van der Waals surface area contributed by atoms with E-state index in [-0.39, 0.29) is 0 Å². The zero-order chi connectivity index (χ0) is 9.90. The molecule has 1 saturated heterocycles. The maximum Gasteiger partial charge on any atom is 0.150 e. The molecule has 0 saturated carbocycles. The van der Waals surface area contributed by atoms with Gasteiger partial charge in [0.05, 0.1) is 11.5 Å². The second-order valence-electron chi connectivity index (χ2n) is 4.00. The predicted octanol–water partition coefficient (Wildman–Crippen LogP) is 0.809. The lowest BCUT2D eigenvalue weighted by atomic mass is 10.1. The van der Waals surface area contributed by atoms with Gasteiger partial charge < -0.3 is 5.32 Å². The second-order valence-corrected chi connectivity index (χ2v) is 6.15. The van der Waals surface area contributed by atoms with Crippen LogP contribution in [0.15, 0.2) is 0 Å². The Kier molecular flexibility index (Phi) is 3.74. The first kappa shape index (κ1) is 11.0. The van der Waals surface area contributed by atoms with Crippen molar-refractivity contribution in [3.8, 4) is 0 Å². The normalized spacial score (nSPS) is 23.8. The summed E-state index contributed by atoms with van der Waals surface area (Å²) < 4.78 is 21.7. The molecule has 0 amide bonds. The van der Waals surface area contributed by atoms with Crippen molar-refractivity contribution >= 4 is 9.84 Å². The summed E-state index contributed by atoms with van der Waals surface area (Å²) in [5, 5.41) is 3.36. The van der Waals surface area contributed by atoms with Gasteiger partial charge in [-0.25, -0.2) is 8.42 Å².